The minimum absolute atomic E-state index is 0.212. The van der Waals surface area contributed by atoms with Gasteiger partial charge in [0.15, 0.2) is 0 Å². The largest absolute Gasteiger partial charge is 0.444 e. The van der Waals surface area contributed by atoms with Gasteiger partial charge in [0.25, 0.3) is 0 Å². The number of aryl methyl sites for hydroxylation is 1. The molecular formula is C24H31ClN2O2. The molecule has 1 aliphatic rings. The molecule has 1 saturated heterocycles. The summed E-state index contributed by atoms with van der Waals surface area (Å²) in [6.45, 7) is 11.0. The van der Waals surface area contributed by atoms with Crippen molar-refractivity contribution in [2.75, 3.05) is 24.5 Å². The summed E-state index contributed by atoms with van der Waals surface area (Å²) in [5.74, 6) is 0.406. The highest BCUT2D eigenvalue weighted by Gasteiger charge is 2.30. The summed E-state index contributed by atoms with van der Waals surface area (Å²) >= 11 is 6.09. The number of anilines is 1. The Bertz CT molecular complexity index is 812. The van der Waals surface area contributed by atoms with Crippen molar-refractivity contribution in [2.45, 2.75) is 46.3 Å². The summed E-state index contributed by atoms with van der Waals surface area (Å²) in [6.07, 6.45) is 0.772. The lowest BCUT2D eigenvalue weighted by atomic mass is 10.1. The van der Waals surface area contributed by atoms with Crippen LogP contribution in [0.1, 0.15) is 38.3 Å². The molecule has 0 spiro atoms. The van der Waals surface area contributed by atoms with Crippen LogP contribution in [0.5, 0.6) is 0 Å². The zero-order chi connectivity index (χ0) is 21.0. The van der Waals surface area contributed by atoms with Gasteiger partial charge >= 0.3 is 6.09 Å². The monoisotopic (exact) mass is 414 g/mol. The van der Waals surface area contributed by atoms with Gasteiger partial charge in [-0.25, -0.2) is 4.79 Å². The summed E-state index contributed by atoms with van der Waals surface area (Å²) in [5, 5.41) is 0.737. The Morgan fingerprint density at radius 1 is 1.14 bits per heavy atom. The number of nitrogens with zero attached hydrogens (tertiary/aromatic N) is 2. The van der Waals surface area contributed by atoms with E-state index in [1.807, 2.05) is 37.8 Å². The van der Waals surface area contributed by atoms with Crippen molar-refractivity contribution in [1.82, 2.24) is 4.90 Å². The van der Waals surface area contributed by atoms with E-state index in [0.29, 0.717) is 5.92 Å². The van der Waals surface area contributed by atoms with Gasteiger partial charge in [-0.2, -0.15) is 0 Å². The molecule has 1 fully saturated rings. The number of carbonyl (C=O) groups excluding carboxylic acids is 1. The van der Waals surface area contributed by atoms with E-state index in [9.17, 15) is 4.79 Å². The van der Waals surface area contributed by atoms with Crippen molar-refractivity contribution >= 4 is 23.4 Å². The Morgan fingerprint density at radius 3 is 2.41 bits per heavy atom. The molecule has 4 nitrogen and oxygen atoms in total. The van der Waals surface area contributed by atoms with Crippen molar-refractivity contribution < 1.29 is 9.53 Å². The van der Waals surface area contributed by atoms with Crippen LogP contribution in [0.4, 0.5) is 10.5 Å². The van der Waals surface area contributed by atoms with Gasteiger partial charge in [-0.1, -0.05) is 41.4 Å². The minimum Gasteiger partial charge on any atom is -0.444 e. The van der Waals surface area contributed by atoms with Gasteiger partial charge in [-0.05, 0) is 69.9 Å². The third kappa shape index (κ3) is 6.40. The molecule has 5 heteroatoms. The second-order valence-electron chi connectivity index (χ2n) is 8.92. The Hall–Kier alpha value is -2.20. The van der Waals surface area contributed by atoms with Gasteiger partial charge in [-0.3, -0.25) is 0 Å². The van der Waals surface area contributed by atoms with Gasteiger partial charge in [0.1, 0.15) is 5.60 Å². The molecule has 156 valence electrons. The molecule has 2 aromatic carbocycles. The molecule has 0 radical (unpaired) electrons. The topological polar surface area (TPSA) is 32.8 Å². The molecule has 1 amide bonds. The van der Waals surface area contributed by atoms with Crippen molar-refractivity contribution in [3.8, 4) is 0 Å². The summed E-state index contributed by atoms with van der Waals surface area (Å²) in [7, 11) is 0. The van der Waals surface area contributed by atoms with Crippen molar-refractivity contribution in [3.63, 3.8) is 0 Å². The lowest BCUT2D eigenvalue weighted by molar-refractivity contribution is 0.0288. The van der Waals surface area contributed by atoms with E-state index in [1.54, 1.807) is 0 Å². The Labute approximate surface area is 179 Å². The van der Waals surface area contributed by atoms with Crippen LogP contribution in [0.15, 0.2) is 48.5 Å². The molecule has 3 rings (SSSR count). The fraction of sp³-hybridized carbons (Fsp3) is 0.458. The highest BCUT2D eigenvalue weighted by molar-refractivity contribution is 6.30. The summed E-state index contributed by atoms with van der Waals surface area (Å²) < 4.78 is 5.54. The molecule has 1 atom stereocenters. The first-order valence-electron chi connectivity index (χ1n) is 10.2. The van der Waals surface area contributed by atoms with Crippen LogP contribution in [0.2, 0.25) is 5.02 Å². The highest BCUT2D eigenvalue weighted by atomic mass is 35.5. The molecule has 2 aromatic rings. The molecule has 29 heavy (non-hydrogen) atoms. The maximum Gasteiger partial charge on any atom is 0.410 e. The number of benzene rings is 2. The summed E-state index contributed by atoms with van der Waals surface area (Å²) in [5.41, 5.74) is 3.21. The zero-order valence-electron chi connectivity index (χ0n) is 17.8. The van der Waals surface area contributed by atoms with E-state index in [4.69, 9.17) is 16.3 Å². The highest BCUT2D eigenvalue weighted by Crippen LogP contribution is 2.26. The van der Waals surface area contributed by atoms with E-state index in [2.05, 4.69) is 48.2 Å². The standard InChI is InChI=1S/C24H31ClN2O2/c1-18-5-7-19(8-6-18)15-27(22-11-9-21(25)10-12-22)17-20-13-14-26(16-20)23(28)29-24(2,3)4/h5-12,20H,13-17H2,1-4H3/t20-/m0/s1. The van der Waals surface area contributed by atoms with Gasteiger partial charge in [-0.15, -0.1) is 0 Å². The quantitative estimate of drug-likeness (QED) is 0.609. The van der Waals surface area contributed by atoms with Crippen molar-refractivity contribution in [2.24, 2.45) is 5.92 Å². The van der Waals surface area contributed by atoms with Crippen LogP contribution in [0.3, 0.4) is 0 Å². The molecule has 1 heterocycles. The first-order valence-corrected chi connectivity index (χ1v) is 10.6. The van der Waals surface area contributed by atoms with Crippen LogP contribution < -0.4 is 4.90 Å². The number of rotatable bonds is 5. The molecule has 0 saturated carbocycles. The molecule has 0 aromatic heterocycles. The molecule has 0 unspecified atom stereocenters. The minimum atomic E-state index is -0.462. The van der Waals surface area contributed by atoms with Gasteiger partial charge in [0, 0.05) is 36.9 Å². The number of likely N-dealkylation sites (tertiary alicyclic amines) is 1. The third-order valence-electron chi connectivity index (χ3n) is 5.10. The summed E-state index contributed by atoms with van der Waals surface area (Å²) in [4.78, 5) is 16.6. The predicted octanol–water partition coefficient (Wildman–Crippen LogP) is 5.91. The molecule has 1 aliphatic heterocycles. The molecule has 0 aliphatic carbocycles. The fourth-order valence-electron chi connectivity index (χ4n) is 3.61. The number of carbonyl (C=O) groups is 1. The van der Waals surface area contributed by atoms with E-state index in [0.717, 1.165) is 43.3 Å². The smallest absolute Gasteiger partial charge is 0.410 e. The lowest BCUT2D eigenvalue weighted by Gasteiger charge is -2.29. The average molecular weight is 415 g/mol. The van der Waals surface area contributed by atoms with Crippen molar-refractivity contribution in [1.29, 1.82) is 0 Å². The van der Waals surface area contributed by atoms with Crippen LogP contribution >= 0.6 is 11.6 Å². The van der Waals surface area contributed by atoms with E-state index in [-0.39, 0.29) is 6.09 Å². The van der Waals surface area contributed by atoms with E-state index in [1.165, 1.54) is 11.1 Å². The van der Waals surface area contributed by atoms with Gasteiger partial charge in [0.2, 0.25) is 0 Å². The lowest BCUT2D eigenvalue weighted by Crippen LogP contribution is -2.36. The maximum absolute atomic E-state index is 12.4. The average Bonchev–Trinajstić information content (AvgIpc) is 3.11. The van der Waals surface area contributed by atoms with Gasteiger partial charge < -0.3 is 14.5 Å². The van der Waals surface area contributed by atoms with Gasteiger partial charge in [0.05, 0.1) is 0 Å². The third-order valence-corrected chi connectivity index (χ3v) is 5.35. The first kappa shape index (κ1) is 21.5. The van der Waals surface area contributed by atoms with Crippen LogP contribution in [-0.4, -0.2) is 36.2 Å². The number of amides is 1. The van der Waals surface area contributed by atoms with E-state index < -0.39 is 5.60 Å². The molecular weight excluding hydrogens is 384 g/mol. The fourth-order valence-corrected chi connectivity index (χ4v) is 3.74. The van der Waals surface area contributed by atoms with Crippen LogP contribution in [-0.2, 0) is 11.3 Å². The zero-order valence-corrected chi connectivity index (χ0v) is 18.6. The number of hydrogen-bond donors (Lipinski definition) is 0. The van der Waals surface area contributed by atoms with Crippen LogP contribution in [0.25, 0.3) is 0 Å². The predicted molar refractivity (Wildman–Crippen MR) is 120 cm³/mol. The number of ether oxygens (including phenoxy) is 1. The Morgan fingerprint density at radius 2 is 1.79 bits per heavy atom. The molecule has 0 N–H and O–H groups in total. The first-order chi connectivity index (χ1) is 13.7. The Kier molecular flexibility index (Phi) is 6.74. The van der Waals surface area contributed by atoms with Crippen molar-refractivity contribution in [3.05, 3.63) is 64.7 Å². The van der Waals surface area contributed by atoms with Crippen LogP contribution in [0, 0.1) is 12.8 Å². The second kappa shape index (κ2) is 9.08. The van der Waals surface area contributed by atoms with E-state index >= 15 is 0 Å². The maximum atomic E-state index is 12.4. The summed E-state index contributed by atoms with van der Waals surface area (Å²) in [6, 6.07) is 16.7. The molecule has 0 bridgehead atoms. The second-order valence-corrected chi connectivity index (χ2v) is 9.36. The Balaban J connectivity index is 1.69. The normalized spacial score (nSPS) is 16.7. The number of hydrogen-bond acceptors (Lipinski definition) is 3. The number of halogens is 1. The SMILES string of the molecule is Cc1ccc(CN(C[C@H]2CCN(C(=O)OC(C)(C)C)C2)c2ccc(Cl)cc2)cc1.